The predicted octanol–water partition coefficient (Wildman–Crippen LogP) is 5.72. The van der Waals surface area contributed by atoms with Crippen molar-refractivity contribution in [3.63, 3.8) is 0 Å². The van der Waals surface area contributed by atoms with Gasteiger partial charge in [-0.1, -0.05) is 55.8 Å². The third-order valence-corrected chi connectivity index (χ3v) is 6.67. The molecule has 0 saturated heterocycles. The molecule has 7 heteroatoms. The molecule has 34 heavy (non-hydrogen) atoms. The first-order valence-electron chi connectivity index (χ1n) is 11.2. The Morgan fingerprint density at radius 3 is 2.35 bits per heavy atom. The first-order chi connectivity index (χ1) is 16.2. The van der Waals surface area contributed by atoms with Crippen LogP contribution in [0.5, 0.6) is 0 Å². The van der Waals surface area contributed by atoms with Crippen LogP contribution in [0, 0.1) is 19.8 Å². The van der Waals surface area contributed by atoms with E-state index < -0.39 is 12.0 Å². The van der Waals surface area contributed by atoms with Crippen molar-refractivity contribution in [1.82, 2.24) is 10.3 Å². The lowest BCUT2D eigenvalue weighted by atomic mass is 9.90. The van der Waals surface area contributed by atoms with Crippen LogP contribution in [0.15, 0.2) is 53.4 Å². The van der Waals surface area contributed by atoms with Gasteiger partial charge >= 0.3 is 6.09 Å². The molecule has 0 unspecified atom stereocenters. The predicted molar refractivity (Wildman–Crippen MR) is 137 cm³/mol. The fraction of sp³-hybridized carbons (Fsp3) is 0.296. The number of carboxylic acid groups (broad SMARTS) is 1. The van der Waals surface area contributed by atoms with Gasteiger partial charge in [0.05, 0.1) is 5.56 Å². The minimum Gasteiger partial charge on any atom is -0.465 e. The van der Waals surface area contributed by atoms with E-state index in [1.165, 1.54) is 11.8 Å². The van der Waals surface area contributed by atoms with Crippen LogP contribution in [0.2, 0.25) is 0 Å². The summed E-state index contributed by atoms with van der Waals surface area (Å²) in [6.45, 7) is 8.45. The molecule has 0 aliphatic rings. The Labute approximate surface area is 205 Å². The van der Waals surface area contributed by atoms with Crippen molar-refractivity contribution >= 4 is 23.8 Å². The summed E-state index contributed by atoms with van der Waals surface area (Å²) >= 11 is 1.53. The summed E-state index contributed by atoms with van der Waals surface area (Å²) in [6.07, 6.45) is -0.328. The van der Waals surface area contributed by atoms with Crippen molar-refractivity contribution in [1.29, 1.82) is 0 Å². The molecular weight excluding hydrogens is 446 g/mol. The Kier molecular flexibility index (Phi) is 8.34. The number of aryl methyl sites for hydroxylation is 2. The molecule has 0 bridgehead atoms. The second-order valence-corrected chi connectivity index (χ2v) is 9.76. The zero-order valence-electron chi connectivity index (χ0n) is 20.0. The molecule has 2 amide bonds. The number of hydrogen-bond acceptors (Lipinski definition) is 4. The fourth-order valence-electron chi connectivity index (χ4n) is 3.95. The lowest BCUT2D eigenvalue weighted by Gasteiger charge is -2.22. The van der Waals surface area contributed by atoms with Crippen molar-refractivity contribution in [2.75, 3.05) is 0 Å². The molecule has 0 atom stereocenters. The molecular formula is C27H31N3O3S. The zero-order chi connectivity index (χ0) is 24.8. The third-order valence-electron chi connectivity index (χ3n) is 5.57. The number of pyridine rings is 1. The van der Waals surface area contributed by atoms with Gasteiger partial charge in [-0.25, -0.2) is 4.79 Å². The molecule has 1 aromatic heterocycles. The first-order valence-corrected chi connectivity index (χ1v) is 12.2. The largest absolute Gasteiger partial charge is 0.465 e. The molecule has 0 saturated carbocycles. The van der Waals surface area contributed by atoms with Crippen molar-refractivity contribution in [2.45, 2.75) is 51.3 Å². The molecule has 178 valence electrons. The molecule has 2 aromatic carbocycles. The van der Waals surface area contributed by atoms with Gasteiger partial charge in [-0.15, -0.1) is 11.8 Å². The van der Waals surface area contributed by atoms with Gasteiger partial charge in [0.25, 0.3) is 0 Å². The van der Waals surface area contributed by atoms with E-state index in [-0.39, 0.29) is 6.54 Å². The number of hydrogen-bond donors (Lipinski definition) is 3. The van der Waals surface area contributed by atoms with Crippen LogP contribution >= 0.6 is 11.8 Å². The van der Waals surface area contributed by atoms with Crippen molar-refractivity contribution < 1.29 is 14.7 Å². The number of nitrogens with two attached hydrogens (primary N) is 1. The molecule has 1 heterocycles. The van der Waals surface area contributed by atoms with Gasteiger partial charge in [0.1, 0.15) is 0 Å². The summed E-state index contributed by atoms with van der Waals surface area (Å²) in [7, 11) is 0. The highest BCUT2D eigenvalue weighted by atomic mass is 32.2. The molecule has 6 nitrogen and oxygen atoms in total. The summed E-state index contributed by atoms with van der Waals surface area (Å²) in [4.78, 5) is 29.0. The lowest BCUT2D eigenvalue weighted by Crippen LogP contribution is -2.23. The highest BCUT2D eigenvalue weighted by molar-refractivity contribution is 7.98. The van der Waals surface area contributed by atoms with E-state index in [9.17, 15) is 14.7 Å². The summed E-state index contributed by atoms with van der Waals surface area (Å²) in [5.41, 5.74) is 12.9. The maximum Gasteiger partial charge on any atom is 0.404 e. The van der Waals surface area contributed by atoms with E-state index in [2.05, 4.69) is 43.4 Å². The van der Waals surface area contributed by atoms with E-state index >= 15 is 0 Å². The van der Waals surface area contributed by atoms with Gasteiger partial charge in [0.15, 0.2) is 0 Å². The number of thioether (sulfide) groups is 1. The first kappa shape index (κ1) is 25.3. The van der Waals surface area contributed by atoms with Gasteiger partial charge in [-0.05, 0) is 55.0 Å². The molecule has 0 fully saturated rings. The standard InChI is InChI=1S/C27H31N3O3S/c1-16(2)13-23-21(14-29-27(32)33)25(19-11-9-17(3)10-12-19)22(18(4)30-23)15-34-24-8-6-5-7-20(24)26(28)31/h5-12,16,29H,13-15H2,1-4H3,(H2,28,31)(H,32,33). The van der Waals surface area contributed by atoms with E-state index in [1.807, 2.05) is 26.0 Å². The number of rotatable bonds is 9. The number of aromatic nitrogens is 1. The minimum absolute atomic E-state index is 0.170. The summed E-state index contributed by atoms with van der Waals surface area (Å²) in [6, 6.07) is 15.5. The molecule has 3 rings (SSSR count). The Bertz CT molecular complexity index is 1190. The van der Waals surface area contributed by atoms with Gasteiger partial charge in [0, 0.05) is 34.1 Å². The molecule has 0 spiro atoms. The van der Waals surface area contributed by atoms with E-state index in [4.69, 9.17) is 10.7 Å². The number of carbonyl (C=O) groups is 2. The molecule has 4 N–H and O–H groups in total. The van der Waals surface area contributed by atoms with Crippen LogP contribution in [-0.2, 0) is 18.7 Å². The monoisotopic (exact) mass is 477 g/mol. The summed E-state index contributed by atoms with van der Waals surface area (Å²) in [5.74, 6) is 0.466. The van der Waals surface area contributed by atoms with E-state index in [1.54, 1.807) is 12.1 Å². The Hall–Kier alpha value is -3.32. The second kappa shape index (κ2) is 11.2. The van der Waals surface area contributed by atoms with Crippen LogP contribution in [0.1, 0.15) is 52.3 Å². The SMILES string of the molecule is Cc1ccc(-c2c(CSc3ccccc3C(N)=O)c(C)nc(CC(C)C)c2CNC(=O)O)cc1. The van der Waals surface area contributed by atoms with Gasteiger partial charge in [0.2, 0.25) is 5.91 Å². The number of benzene rings is 2. The molecule has 3 aromatic rings. The van der Waals surface area contributed by atoms with Crippen molar-refractivity contribution in [2.24, 2.45) is 11.7 Å². The van der Waals surface area contributed by atoms with E-state index in [0.29, 0.717) is 17.2 Å². The van der Waals surface area contributed by atoms with Crippen molar-refractivity contribution in [3.8, 4) is 11.1 Å². The Balaban J connectivity index is 2.17. The molecule has 0 aliphatic heterocycles. The van der Waals surface area contributed by atoms with Crippen molar-refractivity contribution in [3.05, 3.63) is 82.2 Å². The number of nitrogens with one attached hydrogen (secondary N) is 1. The Morgan fingerprint density at radius 2 is 1.74 bits per heavy atom. The number of primary amides is 1. The number of amides is 2. The molecule has 0 aliphatic carbocycles. The van der Waals surface area contributed by atoms with Crippen LogP contribution < -0.4 is 11.1 Å². The van der Waals surface area contributed by atoms with Gasteiger partial charge < -0.3 is 16.2 Å². The normalized spacial score (nSPS) is 11.0. The van der Waals surface area contributed by atoms with Crippen LogP contribution in [-0.4, -0.2) is 22.1 Å². The van der Waals surface area contributed by atoms with Gasteiger partial charge in [-0.3, -0.25) is 9.78 Å². The van der Waals surface area contributed by atoms with Crippen LogP contribution in [0.25, 0.3) is 11.1 Å². The zero-order valence-corrected chi connectivity index (χ0v) is 20.8. The maximum atomic E-state index is 11.9. The summed E-state index contributed by atoms with van der Waals surface area (Å²) < 4.78 is 0. The Morgan fingerprint density at radius 1 is 1.06 bits per heavy atom. The average molecular weight is 478 g/mol. The molecule has 0 radical (unpaired) electrons. The fourth-order valence-corrected chi connectivity index (χ4v) is 5.10. The van der Waals surface area contributed by atoms with E-state index in [0.717, 1.165) is 50.5 Å². The third kappa shape index (κ3) is 6.17. The highest BCUT2D eigenvalue weighted by Crippen LogP contribution is 2.37. The smallest absolute Gasteiger partial charge is 0.404 e. The van der Waals surface area contributed by atoms with Gasteiger partial charge in [-0.2, -0.15) is 0 Å². The quantitative estimate of drug-likeness (QED) is 0.342. The lowest BCUT2D eigenvalue weighted by molar-refractivity contribution is 0.0997. The number of carbonyl (C=O) groups excluding carboxylic acids is 1. The topological polar surface area (TPSA) is 105 Å². The maximum absolute atomic E-state index is 11.9. The van der Waals surface area contributed by atoms with Crippen LogP contribution in [0.4, 0.5) is 4.79 Å². The highest BCUT2D eigenvalue weighted by Gasteiger charge is 2.21. The van der Waals surface area contributed by atoms with Crippen LogP contribution in [0.3, 0.4) is 0 Å². The minimum atomic E-state index is -1.07. The second-order valence-electron chi connectivity index (χ2n) is 8.75. The summed E-state index contributed by atoms with van der Waals surface area (Å²) in [5, 5.41) is 11.9. The number of nitrogens with zero attached hydrogens (tertiary/aromatic N) is 1. The average Bonchev–Trinajstić information content (AvgIpc) is 2.77.